The van der Waals surface area contributed by atoms with Gasteiger partial charge in [-0.1, -0.05) is 33.3 Å². The Morgan fingerprint density at radius 1 is 1.50 bits per heavy atom. The van der Waals surface area contributed by atoms with Gasteiger partial charge in [-0.2, -0.15) is 0 Å². The molecule has 0 saturated carbocycles. The monoisotopic (exact) mass is 170 g/mol. The number of hydrogen-bond donors (Lipinski definition) is 1. The third-order valence-corrected chi connectivity index (χ3v) is 2.26. The van der Waals surface area contributed by atoms with Crippen LogP contribution in [0, 0.1) is 5.41 Å². The van der Waals surface area contributed by atoms with E-state index in [0.717, 1.165) is 12.8 Å². The molecule has 0 unspecified atom stereocenters. The van der Waals surface area contributed by atoms with Crippen molar-refractivity contribution < 1.29 is 9.90 Å². The summed E-state index contributed by atoms with van der Waals surface area (Å²) in [6.45, 7) is 8.02. The second kappa shape index (κ2) is 4.29. The van der Waals surface area contributed by atoms with Gasteiger partial charge in [0.1, 0.15) is 0 Å². The summed E-state index contributed by atoms with van der Waals surface area (Å²) in [6, 6.07) is 0. The van der Waals surface area contributed by atoms with Crippen LogP contribution in [0.15, 0.2) is 11.6 Å². The lowest BCUT2D eigenvalue weighted by atomic mass is 9.86. The normalized spacial score (nSPS) is 13.2. The maximum atomic E-state index is 10.4. The van der Waals surface area contributed by atoms with Crippen molar-refractivity contribution in [2.24, 2.45) is 5.41 Å². The van der Waals surface area contributed by atoms with Gasteiger partial charge in [0.15, 0.2) is 0 Å². The van der Waals surface area contributed by atoms with Crippen LogP contribution in [0.3, 0.4) is 0 Å². The summed E-state index contributed by atoms with van der Waals surface area (Å²) in [4.78, 5) is 10.4. The first-order chi connectivity index (χ1) is 5.39. The Morgan fingerprint density at radius 2 is 2.00 bits per heavy atom. The highest BCUT2D eigenvalue weighted by atomic mass is 16.4. The molecule has 0 heterocycles. The Morgan fingerprint density at radius 3 is 2.33 bits per heavy atom. The van der Waals surface area contributed by atoms with Crippen molar-refractivity contribution in [1.82, 2.24) is 0 Å². The van der Waals surface area contributed by atoms with Gasteiger partial charge < -0.3 is 5.11 Å². The van der Waals surface area contributed by atoms with E-state index in [1.54, 1.807) is 13.0 Å². The number of rotatable bonds is 4. The lowest BCUT2D eigenvalue weighted by molar-refractivity contribution is -0.132. The summed E-state index contributed by atoms with van der Waals surface area (Å²) < 4.78 is 0. The zero-order chi connectivity index (χ0) is 9.78. The van der Waals surface area contributed by atoms with Gasteiger partial charge >= 0.3 is 5.97 Å². The summed E-state index contributed by atoms with van der Waals surface area (Å²) >= 11 is 0. The summed E-state index contributed by atoms with van der Waals surface area (Å²) in [6.07, 6.45) is 3.70. The molecule has 0 spiro atoms. The van der Waals surface area contributed by atoms with Gasteiger partial charge in [0.25, 0.3) is 0 Å². The Bertz CT molecular complexity index is 190. The highest BCUT2D eigenvalue weighted by molar-refractivity contribution is 5.85. The maximum absolute atomic E-state index is 10.4. The number of carbonyl (C=O) groups is 1. The number of aliphatic carboxylic acids is 1. The van der Waals surface area contributed by atoms with Gasteiger partial charge in [-0.05, 0) is 18.8 Å². The summed E-state index contributed by atoms with van der Waals surface area (Å²) in [5.74, 6) is -0.818. The predicted molar refractivity (Wildman–Crippen MR) is 50.1 cm³/mol. The topological polar surface area (TPSA) is 37.3 Å². The zero-order valence-electron chi connectivity index (χ0n) is 8.35. The molecular formula is C10H18O2. The standard InChI is InChI=1S/C10H18O2/c1-5-10(3,4)7-6-8(2)9(11)12/h6H,5,7H2,1-4H3,(H,11,12)/b8-6+. The fraction of sp³-hybridized carbons (Fsp3) is 0.700. The van der Waals surface area contributed by atoms with Gasteiger partial charge in [-0.3, -0.25) is 0 Å². The third-order valence-electron chi connectivity index (χ3n) is 2.26. The first-order valence-corrected chi connectivity index (χ1v) is 4.29. The molecule has 0 atom stereocenters. The summed E-state index contributed by atoms with van der Waals surface area (Å²) in [7, 11) is 0. The molecule has 70 valence electrons. The van der Waals surface area contributed by atoms with Crippen LogP contribution in [-0.4, -0.2) is 11.1 Å². The highest BCUT2D eigenvalue weighted by Gasteiger charge is 2.13. The summed E-state index contributed by atoms with van der Waals surface area (Å²) in [5.41, 5.74) is 0.660. The highest BCUT2D eigenvalue weighted by Crippen LogP contribution is 2.25. The van der Waals surface area contributed by atoms with Crippen LogP contribution in [0.5, 0.6) is 0 Å². The van der Waals surface area contributed by atoms with Crippen molar-refractivity contribution in [2.45, 2.75) is 40.5 Å². The molecule has 1 N–H and O–H groups in total. The second-order valence-electron chi connectivity index (χ2n) is 3.91. The molecular weight excluding hydrogens is 152 g/mol. The van der Waals surface area contributed by atoms with E-state index in [9.17, 15) is 4.79 Å². The van der Waals surface area contributed by atoms with E-state index in [0.29, 0.717) is 5.57 Å². The molecule has 0 rings (SSSR count). The molecule has 0 aromatic carbocycles. The molecule has 12 heavy (non-hydrogen) atoms. The fourth-order valence-electron chi connectivity index (χ4n) is 0.661. The Hall–Kier alpha value is -0.790. The van der Waals surface area contributed by atoms with Crippen LogP contribution in [-0.2, 0) is 4.79 Å². The molecule has 0 fully saturated rings. The van der Waals surface area contributed by atoms with E-state index in [4.69, 9.17) is 5.11 Å². The summed E-state index contributed by atoms with van der Waals surface area (Å²) in [5, 5.41) is 8.58. The first kappa shape index (κ1) is 11.2. The largest absolute Gasteiger partial charge is 0.478 e. The van der Waals surface area contributed by atoms with Gasteiger partial charge in [0.2, 0.25) is 0 Å². The molecule has 0 amide bonds. The molecule has 2 nitrogen and oxygen atoms in total. The van der Waals surface area contributed by atoms with E-state index in [1.165, 1.54) is 0 Å². The smallest absolute Gasteiger partial charge is 0.330 e. The van der Waals surface area contributed by atoms with Crippen molar-refractivity contribution in [3.8, 4) is 0 Å². The van der Waals surface area contributed by atoms with Crippen LogP contribution >= 0.6 is 0 Å². The molecule has 0 aromatic rings. The lowest BCUT2D eigenvalue weighted by Crippen LogP contribution is -2.08. The number of carboxylic acid groups (broad SMARTS) is 1. The van der Waals surface area contributed by atoms with Crippen LogP contribution in [0.1, 0.15) is 40.5 Å². The minimum atomic E-state index is -0.818. The Kier molecular flexibility index (Phi) is 4.01. The lowest BCUT2D eigenvalue weighted by Gasteiger charge is -2.20. The average Bonchev–Trinajstić information content (AvgIpc) is 2.00. The molecule has 0 aliphatic carbocycles. The van der Waals surface area contributed by atoms with E-state index < -0.39 is 5.97 Å². The van der Waals surface area contributed by atoms with Gasteiger partial charge in [-0.15, -0.1) is 0 Å². The number of hydrogen-bond acceptors (Lipinski definition) is 1. The molecule has 0 aliphatic heterocycles. The quantitative estimate of drug-likeness (QED) is 0.659. The molecule has 0 aromatic heterocycles. The van der Waals surface area contributed by atoms with Crippen molar-refractivity contribution in [1.29, 1.82) is 0 Å². The molecule has 0 aliphatic rings. The van der Waals surface area contributed by atoms with Crippen molar-refractivity contribution in [3.05, 3.63) is 11.6 Å². The number of allylic oxidation sites excluding steroid dienone is 1. The number of carboxylic acids is 1. The predicted octanol–water partition coefficient (Wildman–Crippen LogP) is 2.84. The maximum Gasteiger partial charge on any atom is 0.330 e. The van der Waals surface area contributed by atoms with Crippen LogP contribution < -0.4 is 0 Å². The van der Waals surface area contributed by atoms with Crippen molar-refractivity contribution in [2.75, 3.05) is 0 Å². The SMILES string of the molecule is CCC(C)(C)C/C=C(\C)C(=O)O. The fourth-order valence-corrected chi connectivity index (χ4v) is 0.661. The third kappa shape index (κ3) is 4.16. The van der Waals surface area contributed by atoms with Crippen LogP contribution in [0.25, 0.3) is 0 Å². The molecule has 0 saturated heterocycles. The minimum absolute atomic E-state index is 0.219. The average molecular weight is 170 g/mol. The van der Waals surface area contributed by atoms with E-state index in [-0.39, 0.29) is 5.41 Å². The Balaban J connectivity index is 4.13. The first-order valence-electron chi connectivity index (χ1n) is 4.29. The molecule has 0 radical (unpaired) electrons. The molecule has 2 heteroatoms. The van der Waals surface area contributed by atoms with Crippen LogP contribution in [0.4, 0.5) is 0 Å². The minimum Gasteiger partial charge on any atom is -0.478 e. The molecule has 0 bridgehead atoms. The van der Waals surface area contributed by atoms with E-state index in [2.05, 4.69) is 20.8 Å². The van der Waals surface area contributed by atoms with E-state index >= 15 is 0 Å². The van der Waals surface area contributed by atoms with Gasteiger partial charge in [0.05, 0.1) is 0 Å². The van der Waals surface area contributed by atoms with Crippen molar-refractivity contribution in [3.63, 3.8) is 0 Å². The van der Waals surface area contributed by atoms with E-state index in [1.807, 2.05) is 0 Å². The zero-order valence-corrected chi connectivity index (χ0v) is 8.35. The van der Waals surface area contributed by atoms with Gasteiger partial charge in [0, 0.05) is 5.57 Å². The van der Waals surface area contributed by atoms with Crippen LogP contribution in [0.2, 0.25) is 0 Å². The van der Waals surface area contributed by atoms with Gasteiger partial charge in [-0.25, -0.2) is 4.79 Å². The Labute approximate surface area is 74.3 Å². The van der Waals surface area contributed by atoms with Crippen molar-refractivity contribution >= 4 is 5.97 Å². The second-order valence-corrected chi connectivity index (χ2v) is 3.91.